The summed E-state index contributed by atoms with van der Waals surface area (Å²) in [6.45, 7) is 1.72. The van der Waals surface area contributed by atoms with Crippen LogP contribution in [-0.4, -0.2) is 8.42 Å². The summed E-state index contributed by atoms with van der Waals surface area (Å²) >= 11 is 5.81. The maximum Gasteiger partial charge on any atom is 0.263 e. The van der Waals surface area contributed by atoms with Crippen LogP contribution in [0.25, 0.3) is 0 Å². The predicted octanol–water partition coefficient (Wildman–Crippen LogP) is 3.17. The van der Waals surface area contributed by atoms with Crippen LogP contribution in [0.1, 0.15) is 5.56 Å². The number of rotatable bonds is 3. The average Bonchev–Trinajstić information content (AvgIpc) is 2.32. The third kappa shape index (κ3) is 3.02. The highest BCUT2D eigenvalue weighted by atomic mass is 35.5. The molecule has 0 saturated heterocycles. The molecule has 0 aromatic heterocycles. The van der Waals surface area contributed by atoms with E-state index in [0.29, 0.717) is 16.3 Å². The number of nitrogens with one attached hydrogen (secondary N) is 1. The van der Waals surface area contributed by atoms with Gasteiger partial charge in [0.05, 0.1) is 11.4 Å². The molecule has 0 unspecified atom stereocenters. The first-order valence-electron chi connectivity index (χ1n) is 5.63. The van der Waals surface area contributed by atoms with E-state index in [9.17, 15) is 12.8 Å². The maximum absolute atomic E-state index is 13.0. The Morgan fingerprint density at radius 1 is 1.20 bits per heavy atom. The number of hydrogen-bond acceptors (Lipinski definition) is 3. The van der Waals surface area contributed by atoms with Crippen LogP contribution in [0.2, 0.25) is 5.02 Å². The minimum atomic E-state index is -3.88. The smallest absolute Gasteiger partial charge is 0.263 e. The van der Waals surface area contributed by atoms with Crippen LogP contribution in [0.4, 0.5) is 15.8 Å². The molecule has 2 aromatic rings. The number of benzene rings is 2. The summed E-state index contributed by atoms with van der Waals surface area (Å²) in [5.74, 6) is -0.593. The van der Waals surface area contributed by atoms with Crippen molar-refractivity contribution < 1.29 is 12.8 Å². The van der Waals surface area contributed by atoms with Crippen LogP contribution in [0, 0.1) is 12.7 Å². The normalized spacial score (nSPS) is 11.3. The Morgan fingerprint density at radius 3 is 2.50 bits per heavy atom. The van der Waals surface area contributed by atoms with Crippen molar-refractivity contribution in [3.8, 4) is 0 Å². The van der Waals surface area contributed by atoms with Crippen LogP contribution < -0.4 is 10.5 Å². The fraction of sp³-hybridized carbons (Fsp3) is 0.0769. The summed E-state index contributed by atoms with van der Waals surface area (Å²) in [6, 6.07) is 7.88. The predicted molar refractivity (Wildman–Crippen MR) is 77.8 cm³/mol. The van der Waals surface area contributed by atoms with E-state index in [-0.39, 0.29) is 10.6 Å². The van der Waals surface area contributed by atoms with E-state index in [4.69, 9.17) is 17.3 Å². The van der Waals surface area contributed by atoms with Gasteiger partial charge in [-0.05, 0) is 48.9 Å². The van der Waals surface area contributed by atoms with Gasteiger partial charge in [-0.3, -0.25) is 4.72 Å². The molecule has 0 aliphatic rings. The molecule has 20 heavy (non-hydrogen) atoms. The molecule has 0 spiro atoms. The average molecular weight is 315 g/mol. The molecule has 0 aliphatic heterocycles. The van der Waals surface area contributed by atoms with Gasteiger partial charge in [-0.1, -0.05) is 11.6 Å². The van der Waals surface area contributed by atoms with Crippen LogP contribution in [-0.2, 0) is 10.0 Å². The highest BCUT2D eigenvalue weighted by molar-refractivity contribution is 7.92. The van der Waals surface area contributed by atoms with Crippen molar-refractivity contribution in [2.45, 2.75) is 11.8 Å². The second-order valence-corrected chi connectivity index (χ2v) is 6.33. The van der Waals surface area contributed by atoms with Crippen molar-refractivity contribution in [2.24, 2.45) is 0 Å². The van der Waals surface area contributed by atoms with E-state index in [1.165, 1.54) is 0 Å². The highest BCUT2D eigenvalue weighted by Crippen LogP contribution is 2.25. The molecule has 0 atom stereocenters. The topological polar surface area (TPSA) is 72.2 Å². The highest BCUT2D eigenvalue weighted by Gasteiger charge is 2.18. The molecule has 4 nitrogen and oxygen atoms in total. The van der Waals surface area contributed by atoms with Gasteiger partial charge in [0.25, 0.3) is 10.0 Å². The molecule has 0 amide bonds. The molecule has 0 aliphatic carbocycles. The standard InChI is InChI=1S/C13H12ClFN2O2S/c1-8-6-9(14)2-4-12(8)17-20(18,19)13-5-3-10(15)7-11(13)16/h2-7,17H,16H2,1H3. The molecule has 7 heteroatoms. The summed E-state index contributed by atoms with van der Waals surface area (Å²) < 4.78 is 39.8. The van der Waals surface area contributed by atoms with Gasteiger partial charge in [0, 0.05) is 5.02 Å². The zero-order valence-corrected chi connectivity index (χ0v) is 12.1. The monoisotopic (exact) mass is 314 g/mol. The Morgan fingerprint density at radius 2 is 1.90 bits per heavy atom. The van der Waals surface area contributed by atoms with E-state index >= 15 is 0 Å². The first-order chi connectivity index (χ1) is 9.29. The van der Waals surface area contributed by atoms with Crippen molar-refractivity contribution in [3.05, 3.63) is 52.8 Å². The lowest BCUT2D eigenvalue weighted by molar-refractivity contribution is 0.600. The zero-order valence-electron chi connectivity index (χ0n) is 10.5. The number of nitrogen functional groups attached to an aromatic ring is 1. The molecular weight excluding hydrogens is 303 g/mol. The van der Waals surface area contributed by atoms with Gasteiger partial charge in [0.2, 0.25) is 0 Å². The summed E-state index contributed by atoms with van der Waals surface area (Å²) in [7, 11) is -3.88. The lowest BCUT2D eigenvalue weighted by atomic mass is 10.2. The second-order valence-electron chi connectivity index (χ2n) is 4.25. The van der Waals surface area contributed by atoms with Crippen molar-refractivity contribution >= 4 is 33.0 Å². The molecule has 2 rings (SSSR count). The van der Waals surface area contributed by atoms with Gasteiger partial charge in [0.15, 0.2) is 0 Å². The zero-order chi connectivity index (χ0) is 14.9. The van der Waals surface area contributed by atoms with Gasteiger partial charge in [0.1, 0.15) is 10.7 Å². The van der Waals surface area contributed by atoms with Crippen LogP contribution in [0.3, 0.4) is 0 Å². The molecule has 0 radical (unpaired) electrons. The minimum Gasteiger partial charge on any atom is -0.398 e. The molecule has 0 heterocycles. The largest absolute Gasteiger partial charge is 0.398 e. The van der Waals surface area contributed by atoms with Crippen molar-refractivity contribution in [2.75, 3.05) is 10.5 Å². The quantitative estimate of drug-likeness (QED) is 0.855. The molecule has 0 fully saturated rings. The van der Waals surface area contributed by atoms with Gasteiger partial charge in [-0.25, -0.2) is 12.8 Å². The number of aryl methyl sites for hydroxylation is 1. The molecule has 2 aromatic carbocycles. The Bertz CT molecular complexity index is 763. The molecule has 106 valence electrons. The molecule has 3 N–H and O–H groups in total. The second kappa shape index (κ2) is 5.30. The maximum atomic E-state index is 13.0. The van der Waals surface area contributed by atoms with E-state index < -0.39 is 15.8 Å². The number of hydrogen-bond donors (Lipinski definition) is 2. The number of sulfonamides is 1. The lowest BCUT2D eigenvalue weighted by Crippen LogP contribution is -2.15. The Labute approximate surface area is 121 Å². The molecule has 0 bridgehead atoms. The van der Waals surface area contributed by atoms with Crippen LogP contribution in [0.5, 0.6) is 0 Å². The fourth-order valence-electron chi connectivity index (χ4n) is 1.71. The lowest BCUT2D eigenvalue weighted by Gasteiger charge is -2.12. The van der Waals surface area contributed by atoms with Crippen LogP contribution >= 0.6 is 11.6 Å². The summed E-state index contributed by atoms with van der Waals surface area (Å²) in [6.07, 6.45) is 0. The fourth-order valence-corrected chi connectivity index (χ4v) is 3.18. The van der Waals surface area contributed by atoms with E-state index in [1.807, 2.05) is 0 Å². The Balaban J connectivity index is 2.41. The number of halogens is 2. The third-order valence-electron chi connectivity index (χ3n) is 2.69. The SMILES string of the molecule is Cc1cc(Cl)ccc1NS(=O)(=O)c1ccc(F)cc1N. The van der Waals surface area contributed by atoms with Gasteiger partial charge in [-0.15, -0.1) is 0 Å². The minimum absolute atomic E-state index is 0.149. The van der Waals surface area contributed by atoms with E-state index in [1.54, 1.807) is 25.1 Å². The first kappa shape index (κ1) is 14.6. The van der Waals surface area contributed by atoms with Gasteiger partial charge in [-0.2, -0.15) is 0 Å². The Kier molecular flexibility index (Phi) is 3.87. The molecular formula is C13H12ClFN2O2S. The first-order valence-corrected chi connectivity index (χ1v) is 7.50. The van der Waals surface area contributed by atoms with Gasteiger partial charge >= 0.3 is 0 Å². The third-order valence-corrected chi connectivity index (χ3v) is 4.37. The van der Waals surface area contributed by atoms with Crippen LogP contribution in [0.15, 0.2) is 41.3 Å². The number of anilines is 2. The number of nitrogens with two attached hydrogens (primary N) is 1. The summed E-state index contributed by atoms with van der Waals surface area (Å²) in [5, 5.41) is 0.506. The van der Waals surface area contributed by atoms with E-state index in [2.05, 4.69) is 4.72 Å². The van der Waals surface area contributed by atoms with Crippen molar-refractivity contribution in [1.29, 1.82) is 0 Å². The Hall–Kier alpha value is -1.79. The van der Waals surface area contributed by atoms with E-state index in [0.717, 1.165) is 18.2 Å². The molecule has 0 saturated carbocycles. The van der Waals surface area contributed by atoms with Crippen molar-refractivity contribution in [1.82, 2.24) is 0 Å². The van der Waals surface area contributed by atoms with Crippen molar-refractivity contribution in [3.63, 3.8) is 0 Å². The summed E-state index contributed by atoms with van der Waals surface area (Å²) in [5.41, 5.74) is 6.45. The van der Waals surface area contributed by atoms with Gasteiger partial charge < -0.3 is 5.73 Å². The summed E-state index contributed by atoms with van der Waals surface area (Å²) in [4.78, 5) is -0.173.